The van der Waals surface area contributed by atoms with Gasteiger partial charge in [0.1, 0.15) is 0 Å². The lowest BCUT2D eigenvalue weighted by Gasteiger charge is -2.35. The summed E-state index contributed by atoms with van der Waals surface area (Å²) in [6.45, 7) is 7.92. The quantitative estimate of drug-likeness (QED) is 0.534. The summed E-state index contributed by atoms with van der Waals surface area (Å²) >= 11 is 0. The van der Waals surface area contributed by atoms with E-state index in [2.05, 4.69) is 13.2 Å². The standard InChI is InChI=1S/C19H26O4/c1-3-17(20)22-8-6-13-9-15-14-5-7-19(11-14,16(15)10-13)12-23-18(21)4-2/h3-4,13-16H,1-2,5-12H2. The number of ether oxygens (including phenoxy) is 2. The Hall–Kier alpha value is -1.58. The maximum absolute atomic E-state index is 11.4. The van der Waals surface area contributed by atoms with Gasteiger partial charge in [-0.3, -0.25) is 0 Å². The Kier molecular flexibility index (Phi) is 4.60. The zero-order valence-corrected chi connectivity index (χ0v) is 13.7. The molecule has 0 radical (unpaired) electrons. The topological polar surface area (TPSA) is 52.6 Å². The Balaban J connectivity index is 1.55. The summed E-state index contributed by atoms with van der Waals surface area (Å²) in [7, 11) is 0. The molecule has 4 nitrogen and oxygen atoms in total. The molecule has 0 aromatic heterocycles. The lowest BCUT2D eigenvalue weighted by molar-refractivity contribution is -0.142. The van der Waals surface area contributed by atoms with Gasteiger partial charge >= 0.3 is 11.9 Å². The van der Waals surface area contributed by atoms with E-state index in [-0.39, 0.29) is 17.4 Å². The van der Waals surface area contributed by atoms with Crippen molar-refractivity contribution in [2.24, 2.45) is 29.1 Å². The van der Waals surface area contributed by atoms with Crippen LogP contribution in [0.4, 0.5) is 0 Å². The first-order chi connectivity index (χ1) is 11.1. The summed E-state index contributed by atoms with van der Waals surface area (Å²) < 4.78 is 10.6. The fraction of sp³-hybridized carbons (Fsp3) is 0.684. The minimum Gasteiger partial charge on any atom is -0.463 e. The van der Waals surface area contributed by atoms with E-state index in [1.165, 1.54) is 44.3 Å². The van der Waals surface area contributed by atoms with Gasteiger partial charge < -0.3 is 9.47 Å². The lowest BCUT2D eigenvalue weighted by Crippen LogP contribution is -2.33. The van der Waals surface area contributed by atoms with Crippen molar-refractivity contribution < 1.29 is 19.1 Å². The van der Waals surface area contributed by atoms with Gasteiger partial charge in [-0.2, -0.15) is 0 Å². The monoisotopic (exact) mass is 318 g/mol. The van der Waals surface area contributed by atoms with Crippen LogP contribution >= 0.6 is 0 Å². The molecular weight excluding hydrogens is 292 g/mol. The summed E-state index contributed by atoms with van der Waals surface area (Å²) in [5.41, 5.74) is 0.195. The third-order valence-electron chi connectivity index (χ3n) is 6.39. The van der Waals surface area contributed by atoms with Crippen molar-refractivity contribution in [3.05, 3.63) is 25.3 Å². The van der Waals surface area contributed by atoms with E-state index in [9.17, 15) is 9.59 Å². The maximum Gasteiger partial charge on any atom is 0.330 e. The average Bonchev–Trinajstić information content (AvgIpc) is 3.23. The third-order valence-corrected chi connectivity index (χ3v) is 6.39. The smallest absolute Gasteiger partial charge is 0.330 e. The molecule has 3 fully saturated rings. The number of hydrogen-bond acceptors (Lipinski definition) is 4. The van der Waals surface area contributed by atoms with E-state index >= 15 is 0 Å². The molecule has 3 aliphatic carbocycles. The highest BCUT2D eigenvalue weighted by Gasteiger charge is 2.60. The van der Waals surface area contributed by atoms with Crippen LogP contribution in [0.3, 0.4) is 0 Å². The minimum absolute atomic E-state index is 0.195. The van der Waals surface area contributed by atoms with E-state index in [0.717, 1.165) is 18.3 Å². The fourth-order valence-electron chi connectivity index (χ4n) is 5.44. The molecule has 0 N–H and O–H groups in total. The second-order valence-electron chi connectivity index (χ2n) is 7.45. The molecule has 5 unspecified atom stereocenters. The number of carbonyl (C=O) groups is 2. The summed E-state index contributed by atoms with van der Waals surface area (Å²) in [5, 5.41) is 0. The van der Waals surface area contributed by atoms with E-state index in [1.54, 1.807) is 0 Å². The molecule has 4 heteroatoms. The molecule has 23 heavy (non-hydrogen) atoms. The number of esters is 2. The Morgan fingerprint density at radius 1 is 1.13 bits per heavy atom. The van der Waals surface area contributed by atoms with Crippen LogP contribution in [0, 0.1) is 29.1 Å². The van der Waals surface area contributed by atoms with Crippen molar-refractivity contribution in [2.75, 3.05) is 13.2 Å². The van der Waals surface area contributed by atoms with E-state index < -0.39 is 0 Å². The highest BCUT2D eigenvalue weighted by molar-refractivity contribution is 5.81. The lowest BCUT2D eigenvalue weighted by atomic mass is 9.72. The van der Waals surface area contributed by atoms with E-state index in [4.69, 9.17) is 9.47 Å². The van der Waals surface area contributed by atoms with Gasteiger partial charge in [0.05, 0.1) is 13.2 Å². The molecule has 0 heterocycles. The van der Waals surface area contributed by atoms with Gasteiger partial charge in [0.2, 0.25) is 0 Å². The van der Waals surface area contributed by atoms with Gasteiger partial charge in [0, 0.05) is 17.6 Å². The SMILES string of the molecule is C=CC(=O)OCCC1CC2C3CCC(COC(=O)C=C)(C3)C2C1. The van der Waals surface area contributed by atoms with Crippen molar-refractivity contribution in [1.82, 2.24) is 0 Å². The zero-order chi connectivity index (χ0) is 16.4. The molecule has 3 saturated carbocycles. The van der Waals surface area contributed by atoms with Crippen LogP contribution in [0.2, 0.25) is 0 Å². The first-order valence-electron chi connectivity index (χ1n) is 8.66. The molecule has 0 amide bonds. The molecule has 3 aliphatic rings. The van der Waals surface area contributed by atoms with Crippen LogP contribution in [0.5, 0.6) is 0 Å². The summed E-state index contributed by atoms with van der Waals surface area (Å²) in [4.78, 5) is 22.6. The fourth-order valence-corrected chi connectivity index (χ4v) is 5.44. The van der Waals surface area contributed by atoms with Gasteiger partial charge in [0.15, 0.2) is 0 Å². The largest absolute Gasteiger partial charge is 0.463 e. The van der Waals surface area contributed by atoms with Gasteiger partial charge in [-0.05, 0) is 62.2 Å². The molecule has 3 rings (SSSR count). The first kappa shape index (κ1) is 16.3. The summed E-state index contributed by atoms with van der Waals surface area (Å²) in [5.74, 6) is 2.21. The highest BCUT2D eigenvalue weighted by Crippen LogP contribution is 2.67. The predicted molar refractivity (Wildman–Crippen MR) is 86.4 cm³/mol. The van der Waals surface area contributed by atoms with Gasteiger partial charge in [-0.25, -0.2) is 9.59 Å². The van der Waals surface area contributed by atoms with Crippen LogP contribution in [0.1, 0.15) is 38.5 Å². The van der Waals surface area contributed by atoms with E-state index in [1.807, 2.05) is 0 Å². The molecule has 5 atom stereocenters. The minimum atomic E-state index is -0.337. The van der Waals surface area contributed by atoms with Gasteiger partial charge in [-0.15, -0.1) is 0 Å². The van der Waals surface area contributed by atoms with Gasteiger partial charge in [-0.1, -0.05) is 13.2 Å². The number of rotatable bonds is 7. The Morgan fingerprint density at radius 2 is 1.87 bits per heavy atom. The predicted octanol–water partition coefficient (Wildman–Crippen LogP) is 3.28. The second-order valence-corrected chi connectivity index (χ2v) is 7.45. The summed E-state index contributed by atoms with van der Waals surface area (Å²) in [6.07, 6.45) is 9.48. The van der Waals surface area contributed by atoms with Crippen molar-refractivity contribution in [3.63, 3.8) is 0 Å². The molecule has 2 bridgehead atoms. The van der Waals surface area contributed by atoms with Crippen molar-refractivity contribution in [3.8, 4) is 0 Å². The van der Waals surface area contributed by atoms with Crippen LogP contribution in [0.25, 0.3) is 0 Å². The summed E-state index contributed by atoms with van der Waals surface area (Å²) in [6, 6.07) is 0. The Labute approximate surface area is 137 Å². The Morgan fingerprint density at radius 3 is 2.61 bits per heavy atom. The average molecular weight is 318 g/mol. The first-order valence-corrected chi connectivity index (χ1v) is 8.66. The van der Waals surface area contributed by atoms with Crippen molar-refractivity contribution in [1.29, 1.82) is 0 Å². The van der Waals surface area contributed by atoms with Gasteiger partial charge in [0.25, 0.3) is 0 Å². The number of hydrogen-bond donors (Lipinski definition) is 0. The molecule has 0 aromatic rings. The van der Waals surface area contributed by atoms with Crippen molar-refractivity contribution >= 4 is 11.9 Å². The molecule has 0 spiro atoms. The van der Waals surface area contributed by atoms with Crippen LogP contribution in [-0.4, -0.2) is 25.2 Å². The molecular formula is C19H26O4. The number of carbonyl (C=O) groups excluding carboxylic acids is 2. The highest BCUT2D eigenvalue weighted by atomic mass is 16.5. The van der Waals surface area contributed by atoms with Crippen LogP contribution < -0.4 is 0 Å². The number of fused-ring (bicyclic) bond motifs is 5. The molecule has 126 valence electrons. The zero-order valence-electron chi connectivity index (χ0n) is 13.7. The Bertz CT molecular complexity index is 511. The van der Waals surface area contributed by atoms with Crippen LogP contribution in [-0.2, 0) is 19.1 Å². The van der Waals surface area contributed by atoms with E-state index in [0.29, 0.717) is 25.0 Å². The molecule has 0 aromatic carbocycles. The maximum atomic E-state index is 11.4. The molecule has 0 aliphatic heterocycles. The normalized spacial score (nSPS) is 37.2. The second kappa shape index (κ2) is 6.50. The van der Waals surface area contributed by atoms with Crippen molar-refractivity contribution in [2.45, 2.75) is 38.5 Å². The molecule has 0 saturated heterocycles. The van der Waals surface area contributed by atoms with Crippen LogP contribution in [0.15, 0.2) is 25.3 Å². The third kappa shape index (κ3) is 3.08.